The number of urea groups is 1. The van der Waals surface area contributed by atoms with E-state index >= 15 is 0 Å². The largest absolute Gasteiger partial charge is 0.492 e. The number of benzene rings is 1. The smallest absolute Gasteiger partial charge is 0.317 e. The highest BCUT2D eigenvalue weighted by Gasteiger charge is 2.15. The van der Waals surface area contributed by atoms with Crippen LogP contribution in [0.15, 0.2) is 24.3 Å². The normalized spacial score (nSPS) is 14.3. The Morgan fingerprint density at radius 2 is 1.82 bits per heavy atom. The highest BCUT2D eigenvalue weighted by Crippen LogP contribution is 2.12. The van der Waals surface area contributed by atoms with Crippen molar-refractivity contribution >= 4 is 11.9 Å². The number of ether oxygens (including phenoxy) is 1. The highest BCUT2D eigenvalue weighted by atomic mass is 16.5. The molecular weight excluding hydrogens is 286 g/mol. The Hall–Kier alpha value is -2.28. The summed E-state index contributed by atoms with van der Waals surface area (Å²) in [4.78, 5) is 24.8. The molecule has 120 valence electrons. The summed E-state index contributed by atoms with van der Waals surface area (Å²) in [6.07, 6.45) is 3.33. The molecule has 7 nitrogen and oxygen atoms in total. The quantitative estimate of drug-likeness (QED) is 0.435. The van der Waals surface area contributed by atoms with Crippen LogP contribution in [0.25, 0.3) is 0 Å². The standard InChI is InChI=1S/C15H21N3O4/c19-14(17-21)12-4-6-13(7-5-12)22-11-8-16-15(20)18-9-2-1-3-10-18/h4-7,21H,1-3,8-11H2,(H,16,20)(H,17,19). The van der Waals surface area contributed by atoms with Crippen molar-refractivity contribution in [2.75, 3.05) is 26.2 Å². The Kier molecular flexibility index (Phi) is 6.02. The SMILES string of the molecule is O=C(NO)c1ccc(OCCNC(=O)N2CCCCC2)cc1. The molecule has 1 fully saturated rings. The molecule has 0 spiro atoms. The van der Waals surface area contributed by atoms with Crippen LogP contribution in [-0.2, 0) is 0 Å². The van der Waals surface area contributed by atoms with Crippen LogP contribution in [-0.4, -0.2) is 48.3 Å². The molecule has 1 aliphatic heterocycles. The van der Waals surface area contributed by atoms with Crippen LogP contribution in [0, 0.1) is 0 Å². The average Bonchev–Trinajstić information content (AvgIpc) is 2.59. The second-order valence-corrected chi connectivity index (χ2v) is 5.09. The van der Waals surface area contributed by atoms with Crippen molar-refractivity contribution in [1.29, 1.82) is 0 Å². The maximum absolute atomic E-state index is 11.9. The first-order chi connectivity index (χ1) is 10.7. The lowest BCUT2D eigenvalue weighted by Gasteiger charge is -2.26. The lowest BCUT2D eigenvalue weighted by atomic mass is 10.1. The van der Waals surface area contributed by atoms with Gasteiger partial charge in [0.15, 0.2) is 0 Å². The van der Waals surface area contributed by atoms with Crippen molar-refractivity contribution in [3.05, 3.63) is 29.8 Å². The molecule has 1 aliphatic rings. The first-order valence-electron chi connectivity index (χ1n) is 7.41. The summed E-state index contributed by atoms with van der Waals surface area (Å²) >= 11 is 0. The number of amides is 3. The molecule has 22 heavy (non-hydrogen) atoms. The molecule has 0 saturated carbocycles. The molecule has 3 N–H and O–H groups in total. The molecule has 0 atom stereocenters. The third-order valence-electron chi connectivity index (χ3n) is 3.51. The lowest BCUT2D eigenvalue weighted by Crippen LogP contribution is -2.43. The topological polar surface area (TPSA) is 90.9 Å². The summed E-state index contributed by atoms with van der Waals surface area (Å²) in [7, 11) is 0. The van der Waals surface area contributed by atoms with E-state index in [-0.39, 0.29) is 6.03 Å². The number of hydroxylamine groups is 1. The van der Waals surface area contributed by atoms with Gasteiger partial charge in [0.2, 0.25) is 0 Å². The van der Waals surface area contributed by atoms with E-state index in [1.165, 1.54) is 6.42 Å². The minimum atomic E-state index is -0.569. The predicted octanol–water partition coefficient (Wildman–Crippen LogP) is 1.38. The molecule has 0 radical (unpaired) electrons. The van der Waals surface area contributed by atoms with E-state index in [4.69, 9.17) is 9.94 Å². The molecular formula is C15H21N3O4. The van der Waals surface area contributed by atoms with Gasteiger partial charge in [-0.1, -0.05) is 0 Å². The second-order valence-electron chi connectivity index (χ2n) is 5.09. The van der Waals surface area contributed by atoms with Gasteiger partial charge in [-0.2, -0.15) is 0 Å². The van der Waals surface area contributed by atoms with E-state index in [1.807, 2.05) is 4.90 Å². The van der Waals surface area contributed by atoms with Gasteiger partial charge in [0.25, 0.3) is 5.91 Å². The summed E-state index contributed by atoms with van der Waals surface area (Å²) in [5, 5.41) is 11.3. The monoisotopic (exact) mass is 307 g/mol. The fraction of sp³-hybridized carbons (Fsp3) is 0.467. The summed E-state index contributed by atoms with van der Waals surface area (Å²) in [6.45, 7) is 2.42. The van der Waals surface area contributed by atoms with E-state index in [2.05, 4.69) is 5.32 Å². The summed E-state index contributed by atoms with van der Waals surface area (Å²) < 4.78 is 5.48. The minimum absolute atomic E-state index is 0.0433. The van der Waals surface area contributed by atoms with Gasteiger partial charge in [0.1, 0.15) is 12.4 Å². The van der Waals surface area contributed by atoms with Gasteiger partial charge in [-0.25, -0.2) is 10.3 Å². The number of nitrogens with zero attached hydrogens (tertiary/aromatic N) is 1. The van der Waals surface area contributed by atoms with Gasteiger partial charge < -0.3 is 15.0 Å². The molecule has 1 heterocycles. The minimum Gasteiger partial charge on any atom is -0.492 e. The van der Waals surface area contributed by atoms with Crippen molar-refractivity contribution in [2.45, 2.75) is 19.3 Å². The first kappa shape index (κ1) is 16.1. The number of rotatable bonds is 5. The van der Waals surface area contributed by atoms with Crippen molar-refractivity contribution < 1.29 is 19.5 Å². The number of nitrogens with one attached hydrogen (secondary N) is 2. The van der Waals surface area contributed by atoms with Crippen LogP contribution < -0.4 is 15.5 Å². The van der Waals surface area contributed by atoms with E-state index in [0.717, 1.165) is 25.9 Å². The molecule has 0 aliphatic carbocycles. The fourth-order valence-corrected chi connectivity index (χ4v) is 2.30. The van der Waals surface area contributed by atoms with Crippen LogP contribution in [0.1, 0.15) is 29.6 Å². The lowest BCUT2D eigenvalue weighted by molar-refractivity contribution is 0.0706. The number of likely N-dealkylation sites (tertiary alicyclic amines) is 1. The molecule has 1 aromatic carbocycles. The second kappa shape index (κ2) is 8.23. The maximum Gasteiger partial charge on any atom is 0.317 e. The Balaban J connectivity index is 1.67. The van der Waals surface area contributed by atoms with Gasteiger partial charge in [0.05, 0.1) is 6.54 Å². The average molecular weight is 307 g/mol. The van der Waals surface area contributed by atoms with Crippen LogP contribution in [0.4, 0.5) is 4.79 Å². The van der Waals surface area contributed by atoms with E-state index in [9.17, 15) is 9.59 Å². The van der Waals surface area contributed by atoms with E-state index < -0.39 is 5.91 Å². The van der Waals surface area contributed by atoms with Crippen molar-refractivity contribution in [3.63, 3.8) is 0 Å². The zero-order valence-electron chi connectivity index (χ0n) is 12.4. The van der Waals surface area contributed by atoms with Crippen LogP contribution in [0.5, 0.6) is 5.75 Å². The van der Waals surface area contributed by atoms with Crippen LogP contribution >= 0.6 is 0 Å². The Morgan fingerprint density at radius 3 is 2.45 bits per heavy atom. The van der Waals surface area contributed by atoms with Gasteiger partial charge in [0, 0.05) is 18.7 Å². The molecule has 1 saturated heterocycles. The zero-order chi connectivity index (χ0) is 15.8. The van der Waals surface area contributed by atoms with Crippen LogP contribution in [0.3, 0.4) is 0 Å². The van der Waals surface area contributed by atoms with Crippen molar-refractivity contribution in [1.82, 2.24) is 15.7 Å². The van der Waals surface area contributed by atoms with Gasteiger partial charge in [-0.15, -0.1) is 0 Å². The maximum atomic E-state index is 11.9. The number of carbonyl (C=O) groups excluding carboxylic acids is 2. The van der Waals surface area contributed by atoms with Gasteiger partial charge in [-0.05, 0) is 43.5 Å². The molecule has 7 heteroatoms. The summed E-state index contributed by atoms with van der Waals surface area (Å²) in [6, 6.07) is 6.33. The molecule has 0 bridgehead atoms. The molecule has 1 aromatic rings. The Morgan fingerprint density at radius 1 is 1.14 bits per heavy atom. The molecule has 0 unspecified atom stereocenters. The van der Waals surface area contributed by atoms with Crippen molar-refractivity contribution in [2.24, 2.45) is 0 Å². The zero-order valence-corrected chi connectivity index (χ0v) is 12.4. The summed E-state index contributed by atoms with van der Waals surface area (Å²) in [5.41, 5.74) is 1.91. The Bertz CT molecular complexity index is 498. The number of piperidine rings is 1. The molecule has 0 aromatic heterocycles. The first-order valence-corrected chi connectivity index (χ1v) is 7.41. The van der Waals surface area contributed by atoms with E-state index in [0.29, 0.717) is 24.5 Å². The van der Waals surface area contributed by atoms with Gasteiger partial charge in [-0.3, -0.25) is 10.0 Å². The number of hydrogen-bond acceptors (Lipinski definition) is 4. The highest BCUT2D eigenvalue weighted by molar-refractivity contribution is 5.93. The number of carbonyl (C=O) groups is 2. The van der Waals surface area contributed by atoms with Crippen molar-refractivity contribution in [3.8, 4) is 5.75 Å². The number of hydrogen-bond donors (Lipinski definition) is 3. The van der Waals surface area contributed by atoms with Crippen LogP contribution in [0.2, 0.25) is 0 Å². The third-order valence-corrected chi connectivity index (χ3v) is 3.51. The molecule has 2 rings (SSSR count). The predicted molar refractivity (Wildman–Crippen MR) is 80.0 cm³/mol. The fourth-order valence-electron chi connectivity index (χ4n) is 2.30. The Labute approximate surface area is 129 Å². The van der Waals surface area contributed by atoms with Gasteiger partial charge >= 0.3 is 6.03 Å². The summed E-state index contributed by atoms with van der Waals surface area (Å²) in [5.74, 6) is 0.0297. The molecule has 3 amide bonds. The van der Waals surface area contributed by atoms with E-state index in [1.54, 1.807) is 29.7 Å². The third kappa shape index (κ3) is 4.63.